The molecule has 0 bridgehead atoms. The van der Waals surface area contributed by atoms with E-state index in [-0.39, 0.29) is 25.6 Å². The Kier molecular flexibility index (Phi) is 51.1. The summed E-state index contributed by atoms with van der Waals surface area (Å²) < 4.78 is 33.6. The minimum Gasteiger partial charge on any atom is -0.457 e. The van der Waals surface area contributed by atoms with Crippen molar-refractivity contribution in [3.63, 3.8) is 0 Å². The number of unbranched alkanes of at least 4 members (excludes halogenated alkanes) is 28. The minimum absolute atomic E-state index is 0.0457. The summed E-state index contributed by atoms with van der Waals surface area (Å²) in [6.07, 6.45) is 63.3. The Morgan fingerprint density at radius 3 is 1.32 bits per heavy atom. The molecular formula is C56H103O9P. The molecule has 0 fully saturated rings. The van der Waals surface area contributed by atoms with Gasteiger partial charge in [0.1, 0.15) is 12.2 Å². The van der Waals surface area contributed by atoms with Crippen LogP contribution in [0.5, 0.6) is 0 Å². The average Bonchev–Trinajstić information content (AvgIpc) is 3.31. The van der Waals surface area contributed by atoms with Crippen molar-refractivity contribution in [2.45, 2.75) is 257 Å². The molecule has 0 aromatic carbocycles. The van der Waals surface area contributed by atoms with Gasteiger partial charge in [-0.25, -0.2) is 4.57 Å². The number of esters is 1. The summed E-state index contributed by atoms with van der Waals surface area (Å²) in [5, 5.41) is 18.4. The number of hydrogen-bond donors (Lipinski definition) is 3. The van der Waals surface area contributed by atoms with Crippen molar-refractivity contribution in [1.29, 1.82) is 0 Å². The third-order valence-corrected chi connectivity index (χ3v) is 12.6. The molecule has 0 spiro atoms. The van der Waals surface area contributed by atoms with Crippen molar-refractivity contribution >= 4 is 13.8 Å². The van der Waals surface area contributed by atoms with E-state index in [0.717, 1.165) is 64.2 Å². The predicted molar refractivity (Wildman–Crippen MR) is 279 cm³/mol. The van der Waals surface area contributed by atoms with Crippen molar-refractivity contribution in [1.82, 2.24) is 0 Å². The number of phosphoric acid groups is 1. The van der Waals surface area contributed by atoms with Crippen molar-refractivity contribution in [2.75, 3.05) is 33.0 Å². The zero-order chi connectivity index (χ0) is 48.1. The van der Waals surface area contributed by atoms with Crippen LogP contribution in [-0.4, -0.2) is 66.3 Å². The lowest BCUT2D eigenvalue weighted by Gasteiger charge is -2.20. The number of aliphatic hydroxyl groups excluding tert-OH is 2. The van der Waals surface area contributed by atoms with E-state index >= 15 is 0 Å². The molecule has 0 amide bonds. The Balaban J connectivity index is 4.04. The van der Waals surface area contributed by atoms with Gasteiger partial charge in [0.15, 0.2) is 0 Å². The van der Waals surface area contributed by atoms with Gasteiger partial charge in [-0.2, -0.15) is 0 Å². The lowest BCUT2D eigenvalue weighted by atomic mass is 10.1. The average molecular weight is 951 g/mol. The molecule has 3 unspecified atom stereocenters. The van der Waals surface area contributed by atoms with E-state index in [0.29, 0.717) is 6.61 Å². The Labute approximate surface area is 406 Å². The van der Waals surface area contributed by atoms with Crippen molar-refractivity contribution < 1.29 is 43.0 Å². The third kappa shape index (κ3) is 51.5. The molecule has 9 nitrogen and oxygen atoms in total. The van der Waals surface area contributed by atoms with Crippen LogP contribution in [0.4, 0.5) is 0 Å². The second-order valence-corrected chi connectivity index (χ2v) is 19.7. The first-order chi connectivity index (χ1) is 32.3. The van der Waals surface area contributed by atoms with E-state index in [9.17, 15) is 19.4 Å². The molecule has 0 aliphatic heterocycles. The number of allylic oxidation sites excluding steroid dienone is 10. The van der Waals surface area contributed by atoms with Crippen LogP contribution in [0.15, 0.2) is 60.8 Å². The fourth-order valence-electron chi connectivity index (χ4n) is 7.58. The number of ether oxygens (including phenoxy) is 2. The molecule has 0 aromatic rings. The molecule has 0 rings (SSSR count). The van der Waals surface area contributed by atoms with Gasteiger partial charge in [-0.1, -0.05) is 222 Å². The van der Waals surface area contributed by atoms with E-state index in [1.807, 2.05) is 0 Å². The number of carbonyl (C=O) groups is 1. The molecule has 0 aromatic heterocycles. The van der Waals surface area contributed by atoms with Gasteiger partial charge in [0, 0.05) is 13.0 Å². The summed E-state index contributed by atoms with van der Waals surface area (Å²) in [7, 11) is -4.53. The first-order valence-corrected chi connectivity index (χ1v) is 28.8. The van der Waals surface area contributed by atoms with E-state index in [2.05, 4.69) is 74.6 Å². The Morgan fingerprint density at radius 2 is 0.864 bits per heavy atom. The number of carbonyl (C=O) groups excluding carboxylic acids is 1. The lowest BCUT2D eigenvalue weighted by molar-refractivity contribution is -0.154. The lowest BCUT2D eigenvalue weighted by Crippen LogP contribution is -2.29. The highest BCUT2D eigenvalue weighted by molar-refractivity contribution is 7.47. The van der Waals surface area contributed by atoms with Gasteiger partial charge in [0.25, 0.3) is 0 Å². The fraction of sp³-hybridized carbons (Fsp3) is 0.804. The highest BCUT2D eigenvalue weighted by Gasteiger charge is 2.26. The standard InChI is InChI=1S/C56H103O9P/c1-3-5-7-9-11-13-15-17-19-21-23-25-26-27-29-31-33-35-37-39-41-43-45-47-49-62-52-55(53-64-66(60,61)63-51-54(58)50-57)65-56(59)48-46-44-42-40-38-36-34-32-30-28-24-22-20-18-16-14-12-10-8-6-4-2/h5,7,11,13,17,19,22-25,54-55,57-58H,3-4,6,8-10,12,14-16,18,20-21,26-53H2,1-2H3,(H,60,61)/b7-5-,13-11-,19-17-,24-22-,25-23-. The SMILES string of the molecule is CC/C=C\C/C=C\C/C=C\C/C=C\CCCCCCCCCCCCCOCC(COP(=O)(O)OCC(O)CO)OC(=O)CCCCCCCCCCC/C=C\CCCCCCCCCC. The molecule has 0 saturated heterocycles. The largest absolute Gasteiger partial charge is 0.472 e. The molecule has 3 atom stereocenters. The maximum Gasteiger partial charge on any atom is 0.472 e. The summed E-state index contributed by atoms with van der Waals surface area (Å²) in [5.74, 6) is -0.384. The Morgan fingerprint density at radius 1 is 0.485 bits per heavy atom. The van der Waals surface area contributed by atoms with Crippen LogP contribution in [0, 0.1) is 0 Å². The first-order valence-electron chi connectivity index (χ1n) is 27.3. The molecule has 0 heterocycles. The molecular weight excluding hydrogens is 848 g/mol. The molecule has 3 N–H and O–H groups in total. The number of rotatable bonds is 52. The molecule has 0 aliphatic carbocycles. The zero-order valence-corrected chi connectivity index (χ0v) is 43.6. The van der Waals surface area contributed by atoms with E-state index in [4.69, 9.17) is 23.6 Å². The molecule has 0 radical (unpaired) electrons. The van der Waals surface area contributed by atoms with Crippen LogP contribution in [-0.2, 0) is 27.9 Å². The molecule has 66 heavy (non-hydrogen) atoms. The third-order valence-electron chi connectivity index (χ3n) is 11.7. The Bertz CT molecular complexity index is 1220. The molecule has 0 aliphatic rings. The molecule has 386 valence electrons. The second-order valence-electron chi connectivity index (χ2n) is 18.2. The minimum atomic E-state index is -4.53. The van der Waals surface area contributed by atoms with Gasteiger partial charge in [0.05, 0.1) is 26.4 Å². The normalized spacial score (nSPS) is 14.2. The van der Waals surface area contributed by atoms with Crippen molar-refractivity contribution in [3.05, 3.63) is 60.8 Å². The monoisotopic (exact) mass is 951 g/mol. The number of phosphoric ester groups is 1. The van der Waals surface area contributed by atoms with Gasteiger partial charge >= 0.3 is 13.8 Å². The van der Waals surface area contributed by atoms with Gasteiger partial charge in [-0.05, 0) is 77.0 Å². The maximum absolute atomic E-state index is 12.7. The quantitative estimate of drug-likeness (QED) is 0.0236. The van der Waals surface area contributed by atoms with E-state index in [1.54, 1.807) is 0 Å². The zero-order valence-electron chi connectivity index (χ0n) is 42.7. The van der Waals surface area contributed by atoms with E-state index in [1.165, 1.54) is 161 Å². The Hall–Kier alpha value is -1.84. The van der Waals surface area contributed by atoms with Crippen LogP contribution in [0.1, 0.15) is 245 Å². The first kappa shape index (κ1) is 64.2. The van der Waals surface area contributed by atoms with Crippen LogP contribution < -0.4 is 0 Å². The summed E-state index contributed by atoms with van der Waals surface area (Å²) in [6.45, 7) is 3.43. The fourth-order valence-corrected chi connectivity index (χ4v) is 8.37. The number of hydrogen-bond acceptors (Lipinski definition) is 8. The highest BCUT2D eigenvalue weighted by Crippen LogP contribution is 2.43. The van der Waals surface area contributed by atoms with Crippen LogP contribution in [0.2, 0.25) is 0 Å². The maximum atomic E-state index is 12.7. The van der Waals surface area contributed by atoms with Crippen molar-refractivity contribution in [3.8, 4) is 0 Å². The van der Waals surface area contributed by atoms with Gasteiger partial charge in [-0.15, -0.1) is 0 Å². The molecule has 0 saturated carbocycles. The van der Waals surface area contributed by atoms with Crippen molar-refractivity contribution in [2.24, 2.45) is 0 Å². The summed E-state index contributed by atoms with van der Waals surface area (Å²) in [6, 6.07) is 0. The highest BCUT2D eigenvalue weighted by atomic mass is 31.2. The number of aliphatic hydroxyl groups is 2. The summed E-state index contributed by atoms with van der Waals surface area (Å²) in [4.78, 5) is 22.7. The smallest absolute Gasteiger partial charge is 0.457 e. The van der Waals surface area contributed by atoms with Gasteiger partial charge in [0.2, 0.25) is 0 Å². The van der Waals surface area contributed by atoms with Gasteiger partial charge < -0.3 is 24.6 Å². The van der Waals surface area contributed by atoms with E-state index < -0.39 is 33.2 Å². The van der Waals surface area contributed by atoms with Gasteiger partial charge in [-0.3, -0.25) is 13.8 Å². The molecule has 10 heteroatoms. The predicted octanol–water partition coefficient (Wildman–Crippen LogP) is 16.3. The summed E-state index contributed by atoms with van der Waals surface area (Å²) in [5.41, 5.74) is 0. The second kappa shape index (κ2) is 52.5. The van der Waals surface area contributed by atoms with Crippen LogP contribution >= 0.6 is 7.82 Å². The van der Waals surface area contributed by atoms with Crippen LogP contribution in [0.25, 0.3) is 0 Å². The summed E-state index contributed by atoms with van der Waals surface area (Å²) >= 11 is 0. The van der Waals surface area contributed by atoms with Crippen LogP contribution in [0.3, 0.4) is 0 Å². The topological polar surface area (TPSA) is 132 Å².